The van der Waals surface area contributed by atoms with Crippen molar-refractivity contribution in [2.45, 2.75) is 19.4 Å². The summed E-state index contributed by atoms with van der Waals surface area (Å²) in [5.41, 5.74) is -0.00547. The molecule has 0 fully saturated rings. The van der Waals surface area contributed by atoms with Crippen LogP contribution in [0.15, 0.2) is 18.2 Å². The quantitative estimate of drug-likeness (QED) is 0.570. The van der Waals surface area contributed by atoms with Crippen molar-refractivity contribution in [3.8, 4) is 0 Å². The Labute approximate surface area is 114 Å². The van der Waals surface area contributed by atoms with E-state index < -0.39 is 17.1 Å². The van der Waals surface area contributed by atoms with E-state index in [0.717, 1.165) is 0 Å². The van der Waals surface area contributed by atoms with E-state index in [1.54, 1.807) is 6.92 Å². The minimum atomic E-state index is -0.626. The first-order chi connectivity index (χ1) is 8.90. The van der Waals surface area contributed by atoms with E-state index >= 15 is 0 Å². The van der Waals surface area contributed by atoms with Gasteiger partial charge in [-0.2, -0.15) is 0 Å². The molecule has 1 aromatic rings. The highest BCUT2D eigenvalue weighted by Gasteiger charge is 2.13. The number of nitrogens with one attached hydrogen (secondary N) is 2. The highest BCUT2D eigenvalue weighted by molar-refractivity contribution is 6.32. The van der Waals surface area contributed by atoms with Crippen molar-refractivity contribution in [3.05, 3.63) is 33.3 Å². The van der Waals surface area contributed by atoms with Crippen LogP contribution >= 0.6 is 11.6 Å². The van der Waals surface area contributed by atoms with E-state index in [-0.39, 0.29) is 16.4 Å². The molecule has 0 saturated carbocycles. The lowest BCUT2D eigenvalue weighted by molar-refractivity contribution is -0.384. The number of nitrogens with zero attached hydrogens (tertiary/aromatic N) is 1. The van der Waals surface area contributed by atoms with Gasteiger partial charge >= 0.3 is 6.03 Å². The molecule has 1 atom stereocenters. The van der Waals surface area contributed by atoms with Crippen molar-refractivity contribution in [1.29, 1.82) is 0 Å². The van der Waals surface area contributed by atoms with Crippen molar-refractivity contribution in [2.75, 3.05) is 11.9 Å². The predicted molar refractivity (Wildman–Crippen MR) is 71.4 cm³/mol. The molecule has 0 aliphatic carbocycles. The fourth-order valence-electron chi connectivity index (χ4n) is 1.30. The minimum Gasteiger partial charge on any atom is -0.393 e. The van der Waals surface area contributed by atoms with Crippen molar-refractivity contribution >= 4 is 29.0 Å². The Morgan fingerprint density at radius 1 is 1.58 bits per heavy atom. The molecule has 0 aliphatic rings. The number of anilines is 1. The number of halogens is 1. The molecule has 0 aromatic heterocycles. The standard InChI is InChI=1S/C11H14ClN3O4/c1-7(16)4-5-13-11(17)14-8-2-3-9(12)10(6-8)15(18)19/h2-3,6-7,16H,4-5H2,1H3,(H2,13,14,17). The molecule has 3 N–H and O–H groups in total. The van der Waals surface area contributed by atoms with Gasteiger partial charge in [0.25, 0.3) is 5.69 Å². The highest BCUT2D eigenvalue weighted by Crippen LogP contribution is 2.27. The molecule has 0 saturated heterocycles. The third-order valence-electron chi connectivity index (χ3n) is 2.25. The van der Waals surface area contributed by atoms with Crippen LogP contribution in [-0.2, 0) is 0 Å². The number of carbonyl (C=O) groups excluding carboxylic acids is 1. The number of aliphatic hydroxyl groups is 1. The molecule has 8 heteroatoms. The van der Waals surface area contributed by atoms with Gasteiger partial charge in [-0.05, 0) is 25.5 Å². The van der Waals surface area contributed by atoms with Gasteiger partial charge in [0.1, 0.15) is 5.02 Å². The fourth-order valence-corrected chi connectivity index (χ4v) is 1.49. The van der Waals surface area contributed by atoms with Crippen molar-refractivity contribution < 1.29 is 14.8 Å². The van der Waals surface area contributed by atoms with Crippen LogP contribution in [-0.4, -0.2) is 28.7 Å². The molecule has 0 aliphatic heterocycles. The van der Waals surface area contributed by atoms with E-state index in [1.807, 2.05) is 0 Å². The zero-order valence-corrected chi connectivity index (χ0v) is 11.0. The van der Waals surface area contributed by atoms with E-state index in [9.17, 15) is 14.9 Å². The number of hydrogen-bond acceptors (Lipinski definition) is 4. The van der Waals surface area contributed by atoms with Crippen LogP contribution < -0.4 is 10.6 Å². The molecule has 0 spiro atoms. The number of nitro groups is 1. The van der Waals surface area contributed by atoms with Gasteiger partial charge in [0, 0.05) is 18.3 Å². The van der Waals surface area contributed by atoms with Gasteiger partial charge in [0.05, 0.1) is 11.0 Å². The maximum absolute atomic E-state index is 11.5. The van der Waals surface area contributed by atoms with Crippen LogP contribution in [0.1, 0.15) is 13.3 Å². The highest BCUT2D eigenvalue weighted by atomic mass is 35.5. The number of hydrogen-bond donors (Lipinski definition) is 3. The summed E-state index contributed by atoms with van der Waals surface area (Å²) in [6.45, 7) is 1.92. The number of benzene rings is 1. The maximum Gasteiger partial charge on any atom is 0.319 e. The van der Waals surface area contributed by atoms with Crippen molar-refractivity contribution in [1.82, 2.24) is 5.32 Å². The normalized spacial score (nSPS) is 11.7. The summed E-state index contributed by atoms with van der Waals surface area (Å²) >= 11 is 5.65. The van der Waals surface area contributed by atoms with Gasteiger partial charge in [0.2, 0.25) is 0 Å². The van der Waals surface area contributed by atoms with E-state index in [0.29, 0.717) is 13.0 Å². The second kappa shape index (κ2) is 6.91. The molecule has 7 nitrogen and oxygen atoms in total. The Bertz CT molecular complexity index is 479. The second-order valence-electron chi connectivity index (χ2n) is 3.94. The Morgan fingerprint density at radius 2 is 2.26 bits per heavy atom. The number of nitro benzene ring substituents is 1. The molecule has 2 amide bonds. The summed E-state index contributed by atoms with van der Waals surface area (Å²) < 4.78 is 0. The van der Waals surface area contributed by atoms with Crippen LogP contribution in [0.4, 0.5) is 16.2 Å². The Hall–Kier alpha value is -1.86. The molecular weight excluding hydrogens is 274 g/mol. The third-order valence-corrected chi connectivity index (χ3v) is 2.57. The Balaban J connectivity index is 2.60. The lowest BCUT2D eigenvalue weighted by Crippen LogP contribution is -2.30. The van der Waals surface area contributed by atoms with Gasteiger partial charge < -0.3 is 15.7 Å². The van der Waals surface area contributed by atoms with Crippen LogP contribution in [0, 0.1) is 10.1 Å². The number of urea groups is 1. The average molecular weight is 288 g/mol. The molecule has 0 heterocycles. The van der Waals surface area contributed by atoms with Crippen molar-refractivity contribution in [3.63, 3.8) is 0 Å². The largest absolute Gasteiger partial charge is 0.393 e. The lowest BCUT2D eigenvalue weighted by Gasteiger charge is -2.08. The molecule has 104 valence electrons. The van der Waals surface area contributed by atoms with E-state index in [1.165, 1.54) is 18.2 Å². The summed E-state index contributed by atoms with van der Waals surface area (Å²) in [5, 5.41) is 24.7. The van der Waals surface area contributed by atoms with E-state index in [4.69, 9.17) is 16.7 Å². The van der Waals surface area contributed by atoms with Gasteiger partial charge in [-0.1, -0.05) is 11.6 Å². The Kier molecular flexibility index (Phi) is 5.53. The zero-order chi connectivity index (χ0) is 14.4. The molecule has 1 aromatic carbocycles. The number of rotatable bonds is 5. The van der Waals surface area contributed by atoms with Crippen LogP contribution in [0.2, 0.25) is 5.02 Å². The molecule has 19 heavy (non-hydrogen) atoms. The monoisotopic (exact) mass is 287 g/mol. The number of amides is 2. The van der Waals surface area contributed by atoms with Gasteiger partial charge in [-0.25, -0.2) is 4.79 Å². The summed E-state index contributed by atoms with van der Waals surface area (Å²) in [4.78, 5) is 21.5. The molecule has 0 radical (unpaired) electrons. The average Bonchev–Trinajstić information content (AvgIpc) is 2.30. The van der Waals surface area contributed by atoms with Crippen LogP contribution in [0.3, 0.4) is 0 Å². The number of aliphatic hydroxyl groups excluding tert-OH is 1. The van der Waals surface area contributed by atoms with E-state index in [2.05, 4.69) is 10.6 Å². The zero-order valence-electron chi connectivity index (χ0n) is 10.2. The third kappa shape index (κ3) is 5.11. The van der Waals surface area contributed by atoms with Gasteiger partial charge in [-0.3, -0.25) is 10.1 Å². The Morgan fingerprint density at radius 3 is 2.84 bits per heavy atom. The van der Waals surface area contributed by atoms with Crippen molar-refractivity contribution in [2.24, 2.45) is 0 Å². The smallest absolute Gasteiger partial charge is 0.319 e. The van der Waals surface area contributed by atoms with Gasteiger partial charge in [0.15, 0.2) is 0 Å². The molecule has 1 rings (SSSR count). The summed E-state index contributed by atoms with van der Waals surface area (Å²) in [7, 11) is 0. The summed E-state index contributed by atoms with van der Waals surface area (Å²) in [5.74, 6) is 0. The summed E-state index contributed by atoms with van der Waals surface area (Å²) in [6.07, 6.45) is -0.0781. The predicted octanol–water partition coefficient (Wildman–Crippen LogP) is 2.14. The maximum atomic E-state index is 11.5. The number of carbonyl (C=O) groups is 1. The fraction of sp³-hybridized carbons (Fsp3) is 0.364. The SMILES string of the molecule is CC(O)CCNC(=O)Nc1ccc(Cl)c([N+](=O)[O-])c1. The topological polar surface area (TPSA) is 104 Å². The first-order valence-electron chi connectivity index (χ1n) is 5.57. The second-order valence-corrected chi connectivity index (χ2v) is 4.35. The molecular formula is C11H14ClN3O4. The van der Waals surface area contributed by atoms with Crippen LogP contribution in [0.5, 0.6) is 0 Å². The van der Waals surface area contributed by atoms with Crippen LogP contribution in [0.25, 0.3) is 0 Å². The van der Waals surface area contributed by atoms with Gasteiger partial charge in [-0.15, -0.1) is 0 Å². The molecule has 0 bridgehead atoms. The lowest BCUT2D eigenvalue weighted by atomic mass is 10.3. The summed E-state index contributed by atoms with van der Waals surface area (Å²) in [6, 6.07) is 3.47. The first-order valence-corrected chi connectivity index (χ1v) is 5.95. The molecule has 1 unspecified atom stereocenters. The minimum absolute atomic E-state index is 0.00469. The first kappa shape index (κ1) is 15.2.